The van der Waals surface area contributed by atoms with Crippen molar-refractivity contribution in [1.29, 1.82) is 0 Å². The van der Waals surface area contributed by atoms with Gasteiger partial charge in [-0.3, -0.25) is 0 Å². The number of phenolic OH excluding ortho intramolecular Hbond substituents is 3. The first-order chi connectivity index (χ1) is 5.52. The second kappa shape index (κ2) is 3.15. The van der Waals surface area contributed by atoms with Crippen LogP contribution >= 0.6 is 0 Å². The lowest BCUT2D eigenvalue weighted by Crippen LogP contribution is -1.96. The highest BCUT2D eigenvalue weighted by Gasteiger charge is 2.20. The number of hydrogen-bond donors (Lipinski definition) is 3. The summed E-state index contributed by atoms with van der Waals surface area (Å²) in [6, 6.07) is 2.45. The van der Waals surface area contributed by atoms with Gasteiger partial charge in [0, 0.05) is 23.0 Å². The van der Waals surface area contributed by atoms with E-state index in [0.29, 0.717) is 4.90 Å². The number of hydrogen-bond acceptors (Lipinski definition) is 3. The Hall–Kier alpha value is -1.03. The Morgan fingerprint density at radius 3 is 1.75 bits per heavy atom. The molecule has 3 nitrogen and oxygen atoms in total. The highest BCUT2D eigenvalue weighted by Crippen LogP contribution is 2.35. The quantitative estimate of drug-likeness (QED) is 0.576. The van der Waals surface area contributed by atoms with Crippen LogP contribution in [0.4, 0.5) is 0 Å². The fraction of sp³-hybridized carbons (Fsp3) is 0.250. The van der Waals surface area contributed by atoms with Gasteiger partial charge in [0.1, 0.15) is 18.3 Å². The predicted molar refractivity (Wildman–Crippen MR) is 48.9 cm³/mol. The lowest BCUT2D eigenvalue weighted by Gasteiger charge is -2.03. The van der Waals surface area contributed by atoms with Crippen LogP contribution in [0.25, 0.3) is 0 Å². The Labute approximate surface area is 73.6 Å². The van der Waals surface area contributed by atoms with E-state index in [1.54, 1.807) is 0 Å². The molecule has 1 aromatic rings. The molecule has 0 aliphatic rings. The van der Waals surface area contributed by atoms with Crippen LogP contribution < -0.4 is 0 Å². The van der Waals surface area contributed by atoms with Gasteiger partial charge in [0.05, 0.1) is 0 Å². The maximum Gasteiger partial charge on any atom is 0.237 e. The molecular weight excluding hydrogens is 176 g/mol. The molecule has 0 bridgehead atoms. The molecule has 0 amide bonds. The van der Waals surface area contributed by atoms with Crippen LogP contribution in [0.1, 0.15) is 0 Å². The normalized spacial score (nSPS) is 10.6. The fourth-order valence-corrected chi connectivity index (χ4v) is 1.96. The van der Waals surface area contributed by atoms with Crippen LogP contribution in [0.3, 0.4) is 0 Å². The first-order valence-electron chi connectivity index (χ1n) is 3.35. The molecule has 0 unspecified atom stereocenters. The molecule has 0 saturated carbocycles. The number of phenols is 3. The molecule has 0 aliphatic carbocycles. The van der Waals surface area contributed by atoms with E-state index < -0.39 is 0 Å². The van der Waals surface area contributed by atoms with E-state index in [4.69, 9.17) is 5.11 Å². The highest BCUT2D eigenvalue weighted by molar-refractivity contribution is 7.95. The van der Waals surface area contributed by atoms with Gasteiger partial charge in [-0.05, 0) is 0 Å². The summed E-state index contributed by atoms with van der Waals surface area (Å²) in [6.45, 7) is 0. The van der Waals surface area contributed by atoms with Crippen molar-refractivity contribution in [1.82, 2.24) is 0 Å². The fourth-order valence-electron chi connectivity index (χ4n) is 1.00. The summed E-state index contributed by atoms with van der Waals surface area (Å²) in [7, 11) is -0.221. The van der Waals surface area contributed by atoms with Crippen LogP contribution in [0.5, 0.6) is 17.2 Å². The topological polar surface area (TPSA) is 60.7 Å². The van der Waals surface area contributed by atoms with E-state index in [1.165, 1.54) is 12.1 Å². The molecule has 0 atom stereocenters. The summed E-state index contributed by atoms with van der Waals surface area (Å²) in [4.78, 5) is 0.493. The van der Waals surface area contributed by atoms with Crippen LogP contribution in [-0.4, -0.2) is 27.8 Å². The highest BCUT2D eigenvalue weighted by atomic mass is 32.2. The van der Waals surface area contributed by atoms with Gasteiger partial charge in [-0.2, -0.15) is 0 Å². The van der Waals surface area contributed by atoms with Gasteiger partial charge in [0.15, 0.2) is 11.5 Å². The number of aromatic hydroxyl groups is 3. The van der Waals surface area contributed by atoms with Gasteiger partial charge in [-0.15, -0.1) is 0 Å². The molecule has 0 fully saturated rings. The Morgan fingerprint density at radius 2 is 1.42 bits per heavy atom. The minimum atomic E-state index is -0.221. The Kier molecular flexibility index (Phi) is 2.38. The molecule has 0 saturated heterocycles. The molecule has 0 radical (unpaired) electrons. The van der Waals surface area contributed by atoms with Crippen molar-refractivity contribution in [2.24, 2.45) is 0 Å². The van der Waals surface area contributed by atoms with E-state index in [2.05, 4.69) is 0 Å². The SMILES string of the molecule is C[S+](C)c1c(O)cc(O)cc1O. The second-order valence-corrected chi connectivity index (χ2v) is 4.67. The van der Waals surface area contributed by atoms with Gasteiger partial charge < -0.3 is 15.3 Å². The molecule has 4 heteroatoms. The van der Waals surface area contributed by atoms with Crippen LogP contribution in [0.15, 0.2) is 17.0 Å². The zero-order chi connectivity index (χ0) is 9.30. The smallest absolute Gasteiger partial charge is 0.237 e. The van der Waals surface area contributed by atoms with Crippen molar-refractivity contribution >= 4 is 10.9 Å². The average Bonchev–Trinajstić information content (AvgIpc) is 1.82. The van der Waals surface area contributed by atoms with Gasteiger partial charge in [-0.25, -0.2) is 0 Å². The van der Waals surface area contributed by atoms with Crippen molar-refractivity contribution < 1.29 is 15.3 Å². The van der Waals surface area contributed by atoms with Crippen molar-refractivity contribution in [2.45, 2.75) is 4.90 Å². The molecule has 0 heterocycles. The number of rotatable bonds is 1. The zero-order valence-corrected chi connectivity index (χ0v) is 7.72. The maximum absolute atomic E-state index is 9.33. The van der Waals surface area contributed by atoms with Crippen molar-refractivity contribution in [3.63, 3.8) is 0 Å². The van der Waals surface area contributed by atoms with Crippen LogP contribution in [0.2, 0.25) is 0 Å². The molecule has 0 spiro atoms. The average molecular weight is 187 g/mol. The first-order valence-corrected chi connectivity index (χ1v) is 5.39. The van der Waals surface area contributed by atoms with Crippen LogP contribution in [0, 0.1) is 0 Å². The summed E-state index contributed by atoms with van der Waals surface area (Å²) in [5.41, 5.74) is 0. The van der Waals surface area contributed by atoms with E-state index in [-0.39, 0.29) is 28.1 Å². The third kappa shape index (κ3) is 1.58. The van der Waals surface area contributed by atoms with E-state index in [0.717, 1.165) is 0 Å². The van der Waals surface area contributed by atoms with Crippen molar-refractivity contribution in [3.05, 3.63) is 12.1 Å². The monoisotopic (exact) mass is 187 g/mol. The number of benzene rings is 1. The molecule has 3 N–H and O–H groups in total. The Morgan fingerprint density at radius 1 is 1.00 bits per heavy atom. The predicted octanol–water partition coefficient (Wildman–Crippen LogP) is 1.04. The van der Waals surface area contributed by atoms with Crippen LogP contribution in [-0.2, 0) is 10.9 Å². The van der Waals surface area contributed by atoms with Crippen molar-refractivity contribution in [2.75, 3.05) is 12.5 Å². The van der Waals surface area contributed by atoms with Gasteiger partial charge in [0.2, 0.25) is 4.90 Å². The minimum Gasteiger partial charge on any atom is -0.508 e. The third-order valence-electron chi connectivity index (χ3n) is 1.44. The van der Waals surface area contributed by atoms with E-state index in [1.807, 2.05) is 12.5 Å². The third-order valence-corrected chi connectivity index (χ3v) is 2.68. The molecule has 12 heavy (non-hydrogen) atoms. The van der Waals surface area contributed by atoms with E-state index in [9.17, 15) is 10.2 Å². The molecule has 66 valence electrons. The van der Waals surface area contributed by atoms with E-state index >= 15 is 0 Å². The molecule has 0 aliphatic heterocycles. The van der Waals surface area contributed by atoms with Gasteiger partial charge in [0.25, 0.3) is 0 Å². The van der Waals surface area contributed by atoms with Gasteiger partial charge in [-0.1, -0.05) is 0 Å². The molecule has 1 rings (SSSR count). The first kappa shape index (κ1) is 9.06. The summed E-state index contributed by atoms with van der Waals surface area (Å²) in [5.74, 6) is -0.235. The second-order valence-electron chi connectivity index (χ2n) is 2.63. The Balaban J connectivity index is 3.28. The lowest BCUT2D eigenvalue weighted by molar-refractivity contribution is 0.410. The minimum absolute atomic E-state index is 0.0548. The Bertz CT molecular complexity index is 273. The molecule has 0 aromatic heterocycles. The zero-order valence-electron chi connectivity index (χ0n) is 6.90. The largest absolute Gasteiger partial charge is 0.508 e. The maximum atomic E-state index is 9.33. The molecule has 1 aromatic carbocycles. The summed E-state index contributed by atoms with van der Waals surface area (Å²) >= 11 is 0. The van der Waals surface area contributed by atoms with Crippen molar-refractivity contribution in [3.8, 4) is 17.2 Å². The van der Waals surface area contributed by atoms with Gasteiger partial charge >= 0.3 is 0 Å². The summed E-state index contributed by atoms with van der Waals surface area (Å²) in [6.07, 6.45) is 3.76. The summed E-state index contributed by atoms with van der Waals surface area (Å²) in [5, 5.41) is 27.6. The molecular formula is C8H11O3S+. The lowest BCUT2D eigenvalue weighted by atomic mass is 10.3. The standard InChI is InChI=1S/C8H10O3S/c1-12(2)8-6(10)3-5(9)4-7(8)11/h3-4H,1-2H3,(H2-,9,10,11)/p+1. The summed E-state index contributed by atoms with van der Waals surface area (Å²) < 4.78 is 0.